The van der Waals surface area contributed by atoms with Crippen LogP contribution in [0.25, 0.3) is 0 Å². The van der Waals surface area contributed by atoms with Crippen LogP contribution in [-0.2, 0) is 11.2 Å². The van der Waals surface area contributed by atoms with Crippen LogP contribution in [0.15, 0.2) is 12.1 Å². The van der Waals surface area contributed by atoms with Gasteiger partial charge < -0.3 is 15.2 Å². The van der Waals surface area contributed by atoms with E-state index in [0.29, 0.717) is 5.75 Å². The number of carbonyl (C=O) groups excluding carboxylic acids is 1. The van der Waals surface area contributed by atoms with E-state index in [9.17, 15) is 4.79 Å². The van der Waals surface area contributed by atoms with Gasteiger partial charge in [-0.25, -0.2) is 0 Å². The normalized spacial score (nSPS) is 19.6. The molecule has 0 saturated heterocycles. The number of hydrogen-bond acceptors (Lipinski definition) is 5. The van der Waals surface area contributed by atoms with Crippen molar-refractivity contribution in [2.45, 2.75) is 73.0 Å². The third-order valence-corrected chi connectivity index (χ3v) is 5.86. The van der Waals surface area contributed by atoms with Gasteiger partial charge in [0.25, 0.3) is 0 Å². The molecular weight excluding hydrogens is 352 g/mol. The summed E-state index contributed by atoms with van der Waals surface area (Å²) in [5.41, 5.74) is 13.0. The SMILES string of the molecule is CC(=O)Oc1c(C)c(C)c2c(c1C)CCC(C)(C(N)c1cc(C)cc(C)n1)O2. The summed E-state index contributed by atoms with van der Waals surface area (Å²) in [4.78, 5) is 16.2. The molecule has 0 radical (unpaired) electrons. The van der Waals surface area contributed by atoms with Crippen molar-refractivity contribution in [3.8, 4) is 11.5 Å². The monoisotopic (exact) mass is 382 g/mol. The van der Waals surface area contributed by atoms with Gasteiger partial charge in [0, 0.05) is 18.2 Å². The highest BCUT2D eigenvalue weighted by atomic mass is 16.5. The number of fused-ring (bicyclic) bond motifs is 1. The van der Waals surface area contributed by atoms with Gasteiger partial charge in [-0.1, -0.05) is 0 Å². The first-order valence-electron chi connectivity index (χ1n) is 9.74. The molecule has 28 heavy (non-hydrogen) atoms. The number of pyridine rings is 1. The first-order valence-corrected chi connectivity index (χ1v) is 9.74. The number of aromatic nitrogens is 1. The van der Waals surface area contributed by atoms with Crippen LogP contribution in [0.5, 0.6) is 11.5 Å². The molecule has 1 aromatic heterocycles. The zero-order valence-corrected chi connectivity index (χ0v) is 17.9. The van der Waals surface area contributed by atoms with Crippen LogP contribution in [0, 0.1) is 34.6 Å². The summed E-state index contributed by atoms with van der Waals surface area (Å²) < 4.78 is 12.1. The molecule has 2 N–H and O–H groups in total. The Hall–Kier alpha value is -2.40. The standard InChI is InChI=1S/C23H30N2O3/c1-12-10-13(2)25-19(11-12)22(24)23(7)9-8-18-16(5)20(27-17(6)26)14(3)15(4)21(18)28-23/h10-11,22H,8-9,24H2,1-7H3. The minimum atomic E-state index is -0.563. The van der Waals surface area contributed by atoms with E-state index in [1.54, 1.807) is 0 Å². The van der Waals surface area contributed by atoms with E-state index >= 15 is 0 Å². The topological polar surface area (TPSA) is 74.4 Å². The fraction of sp³-hybridized carbons (Fsp3) is 0.478. The molecule has 5 heteroatoms. The molecule has 1 aliphatic rings. The van der Waals surface area contributed by atoms with Crippen LogP contribution in [0.3, 0.4) is 0 Å². The molecule has 1 aromatic carbocycles. The fourth-order valence-electron chi connectivity index (χ4n) is 4.11. The Kier molecular flexibility index (Phi) is 5.24. The Bertz CT molecular complexity index is 931. The van der Waals surface area contributed by atoms with E-state index in [4.69, 9.17) is 15.2 Å². The van der Waals surface area contributed by atoms with Gasteiger partial charge in [-0.15, -0.1) is 0 Å². The summed E-state index contributed by atoms with van der Waals surface area (Å²) in [5.74, 6) is 1.20. The van der Waals surface area contributed by atoms with Crippen molar-refractivity contribution in [2.24, 2.45) is 5.73 Å². The van der Waals surface area contributed by atoms with Crippen LogP contribution in [0.4, 0.5) is 0 Å². The molecule has 0 saturated carbocycles. The Balaban J connectivity index is 2.03. The van der Waals surface area contributed by atoms with Crippen molar-refractivity contribution >= 4 is 5.97 Å². The van der Waals surface area contributed by atoms with Crippen molar-refractivity contribution in [1.29, 1.82) is 0 Å². The summed E-state index contributed by atoms with van der Waals surface area (Å²) in [6, 6.07) is 3.74. The molecule has 3 rings (SSSR count). The lowest BCUT2D eigenvalue weighted by molar-refractivity contribution is -0.132. The summed E-state index contributed by atoms with van der Waals surface area (Å²) in [6.07, 6.45) is 1.57. The number of rotatable bonds is 3. The summed E-state index contributed by atoms with van der Waals surface area (Å²) in [5, 5.41) is 0. The molecule has 0 spiro atoms. The Morgan fingerprint density at radius 2 is 1.86 bits per heavy atom. The highest BCUT2D eigenvalue weighted by molar-refractivity contribution is 5.72. The first kappa shape index (κ1) is 20.3. The van der Waals surface area contributed by atoms with E-state index in [0.717, 1.165) is 57.8 Å². The molecule has 1 aliphatic heterocycles. The molecular formula is C23H30N2O3. The fourth-order valence-corrected chi connectivity index (χ4v) is 4.11. The van der Waals surface area contributed by atoms with Crippen LogP contribution < -0.4 is 15.2 Å². The van der Waals surface area contributed by atoms with E-state index in [2.05, 4.69) is 18.8 Å². The number of ether oxygens (including phenoxy) is 2. The van der Waals surface area contributed by atoms with Crippen LogP contribution in [0.1, 0.15) is 65.5 Å². The van der Waals surface area contributed by atoms with Gasteiger partial charge in [0.1, 0.15) is 17.1 Å². The second-order valence-corrected chi connectivity index (χ2v) is 8.21. The van der Waals surface area contributed by atoms with Gasteiger partial charge in [0.2, 0.25) is 0 Å². The zero-order valence-electron chi connectivity index (χ0n) is 17.9. The second-order valence-electron chi connectivity index (χ2n) is 8.21. The Labute approximate surface area is 167 Å². The number of esters is 1. The molecule has 0 bridgehead atoms. The van der Waals surface area contributed by atoms with E-state index in [-0.39, 0.29) is 12.0 Å². The molecule has 2 unspecified atom stereocenters. The highest BCUT2D eigenvalue weighted by Crippen LogP contribution is 2.46. The van der Waals surface area contributed by atoms with Crippen LogP contribution in [0.2, 0.25) is 0 Å². The molecule has 0 fully saturated rings. The average molecular weight is 383 g/mol. The van der Waals surface area contributed by atoms with Gasteiger partial charge in [-0.05, 0) is 88.8 Å². The quantitative estimate of drug-likeness (QED) is 0.632. The third kappa shape index (κ3) is 3.51. The van der Waals surface area contributed by atoms with Gasteiger partial charge >= 0.3 is 5.97 Å². The first-order chi connectivity index (χ1) is 13.0. The molecule has 2 atom stereocenters. The molecule has 0 amide bonds. The maximum absolute atomic E-state index is 11.5. The van der Waals surface area contributed by atoms with Gasteiger partial charge in [0.05, 0.1) is 11.7 Å². The minimum Gasteiger partial charge on any atom is -0.485 e. The summed E-state index contributed by atoms with van der Waals surface area (Å²) >= 11 is 0. The van der Waals surface area contributed by atoms with Crippen molar-refractivity contribution in [2.75, 3.05) is 0 Å². The number of aryl methyl sites for hydroxylation is 2. The molecule has 2 heterocycles. The Morgan fingerprint density at radius 1 is 1.18 bits per heavy atom. The van der Waals surface area contributed by atoms with Crippen molar-refractivity contribution < 1.29 is 14.3 Å². The minimum absolute atomic E-state index is 0.310. The lowest BCUT2D eigenvalue weighted by Gasteiger charge is -2.41. The van der Waals surface area contributed by atoms with Gasteiger partial charge in [-0.3, -0.25) is 9.78 Å². The molecule has 2 aromatic rings. The van der Waals surface area contributed by atoms with Crippen LogP contribution >= 0.6 is 0 Å². The number of hydrogen-bond donors (Lipinski definition) is 1. The number of carbonyl (C=O) groups is 1. The van der Waals surface area contributed by atoms with E-state index in [1.165, 1.54) is 6.92 Å². The lowest BCUT2D eigenvalue weighted by Crippen LogP contribution is -2.47. The number of nitrogens with two attached hydrogens (primary N) is 1. The lowest BCUT2D eigenvalue weighted by atomic mass is 9.82. The maximum atomic E-state index is 11.5. The van der Waals surface area contributed by atoms with Crippen LogP contribution in [-0.4, -0.2) is 16.6 Å². The maximum Gasteiger partial charge on any atom is 0.308 e. The number of benzene rings is 1. The van der Waals surface area contributed by atoms with Crippen molar-refractivity contribution in [1.82, 2.24) is 4.98 Å². The predicted octanol–water partition coefficient (Wildman–Crippen LogP) is 4.33. The van der Waals surface area contributed by atoms with Gasteiger partial charge in [0.15, 0.2) is 0 Å². The second kappa shape index (κ2) is 7.21. The molecule has 150 valence electrons. The zero-order chi connectivity index (χ0) is 20.8. The average Bonchev–Trinajstić information content (AvgIpc) is 2.61. The highest BCUT2D eigenvalue weighted by Gasteiger charge is 2.41. The smallest absolute Gasteiger partial charge is 0.308 e. The van der Waals surface area contributed by atoms with E-state index in [1.807, 2.05) is 39.8 Å². The predicted molar refractivity (Wildman–Crippen MR) is 110 cm³/mol. The summed E-state index contributed by atoms with van der Waals surface area (Å²) in [7, 11) is 0. The summed E-state index contributed by atoms with van der Waals surface area (Å²) in [6.45, 7) is 13.5. The van der Waals surface area contributed by atoms with Crippen molar-refractivity contribution in [3.63, 3.8) is 0 Å². The third-order valence-electron chi connectivity index (χ3n) is 5.86. The molecule has 5 nitrogen and oxygen atoms in total. The largest absolute Gasteiger partial charge is 0.485 e. The van der Waals surface area contributed by atoms with Gasteiger partial charge in [-0.2, -0.15) is 0 Å². The number of nitrogens with zero attached hydrogens (tertiary/aromatic N) is 1. The Morgan fingerprint density at radius 3 is 2.46 bits per heavy atom. The van der Waals surface area contributed by atoms with Crippen molar-refractivity contribution in [3.05, 3.63) is 51.3 Å². The van der Waals surface area contributed by atoms with E-state index < -0.39 is 5.60 Å². The molecule has 0 aliphatic carbocycles.